The average molecular weight is 694 g/mol. The Labute approximate surface area is 280 Å². The molecule has 1 fully saturated rings. The van der Waals surface area contributed by atoms with Crippen LogP contribution in [-0.2, 0) is 14.4 Å². The average Bonchev–Trinajstić information content (AvgIpc) is 3.07. The van der Waals surface area contributed by atoms with E-state index in [9.17, 15) is 19.5 Å². The fourth-order valence-corrected chi connectivity index (χ4v) is 12.7. The SMILES string of the molecule is O=C(CSc1ccc(Cl)c(Cl)c1)N[C@@H]1C(=O)N2C(C(=O)[O-])=C(C[P+](c3ccccc3)(c3ccccc3)c3ccccc3)CS[C@H]12. The number of nitrogens with one attached hydrogen (secondary N) is 1. The van der Waals surface area contributed by atoms with Gasteiger partial charge in [0, 0.05) is 16.2 Å². The predicted octanol–water partition coefficient (Wildman–Crippen LogP) is 4.48. The summed E-state index contributed by atoms with van der Waals surface area (Å²) in [5.74, 6) is -1.74. The second-order valence-electron chi connectivity index (χ2n) is 10.5. The molecule has 0 aliphatic carbocycles. The number of β-lactam (4-membered cyclic amide) rings is 1. The Morgan fingerprint density at radius 3 is 1.93 bits per heavy atom. The maximum absolute atomic E-state index is 13.5. The van der Waals surface area contributed by atoms with Crippen LogP contribution >= 0.6 is 54.0 Å². The Kier molecular flexibility index (Phi) is 9.60. The Bertz CT molecular complexity index is 1680. The van der Waals surface area contributed by atoms with Gasteiger partial charge in [0.2, 0.25) is 5.91 Å². The molecular weight excluding hydrogens is 666 g/mol. The molecule has 0 unspecified atom stereocenters. The number of hydrogen-bond acceptors (Lipinski definition) is 6. The van der Waals surface area contributed by atoms with Crippen LogP contribution in [0, 0.1) is 0 Å². The van der Waals surface area contributed by atoms with Gasteiger partial charge in [-0.25, -0.2) is 0 Å². The van der Waals surface area contributed by atoms with E-state index >= 15 is 0 Å². The Balaban J connectivity index is 1.30. The number of thioether (sulfide) groups is 2. The highest BCUT2D eigenvalue weighted by Gasteiger charge is 2.55. The van der Waals surface area contributed by atoms with Crippen LogP contribution in [-0.4, -0.2) is 51.8 Å². The number of nitrogens with zero attached hydrogens (tertiary/aromatic N) is 1. The van der Waals surface area contributed by atoms with E-state index < -0.39 is 30.6 Å². The summed E-state index contributed by atoms with van der Waals surface area (Å²) in [5.41, 5.74) is 0.557. The zero-order valence-electron chi connectivity index (χ0n) is 23.8. The minimum absolute atomic E-state index is 0.0613. The number of carbonyl (C=O) groups excluding carboxylic acids is 3. The zero-order chi connectivity index (χ0) is 31.6. The summed E-state index contributed by atoms with van der Waals surface area (Å²) in [5, 5.41) is 19.2. The Hall–Kier alpha value is -3.26. The predicted molar refractivity (Wildman–Crippen MR) is 184 cm³/mol. The third-order valence-corrected chi connectivity index (χ3v) is 15.3. The molecule has 11 heteroatoms. The van der Waals surface area contributed by atoms with Crippen molar-refractivity contribution in [2.75, 3.05) is 17.7 Å². The third-order valence-electron chi connectivity index (χ3n) is 7.84. The lowest BCUT2D eigenvalue weighted by molar-refractivity contribution is -0.301. The minimum atomic E-state index is -2.41. The van der Waals surface area contributed by atoms with Crippen molar-refractivity contribution in [3.8, 4) is 0 Å². The molecule has 2 heterocycles. The van der Waals surface area contributed by atoms with Crippen molar-refractivity contribution in [1.29, 1.82) is 0 Å². The van der Waals surface area contributed by atoms with Gasteiger partial charge in [-0.15, -0.1) is 23.5 Å². The number of carboxylic acids is 1. The smallest absolute Gasteiger partial charge is 0.253 e. The fraction of sp³-hybridized carbons (Fsp3) is 0.147. The second-order valence-corrected chi connectivity index (χ2v) is 17.0. The number of carboxylic acid groups (broad SMARTS) is 1. The summed E-state index contributed by atoms with van der Waals surface area (Å²) >= 11 is 14.8. The van der Waals surface area contributed by atoms with Gasteiger partial charge in [0.25, 0.3) is 5.91 Å². The van der Waals surface area contributed by atoms with E-state index in [0.717, 1.165) is 20.8 Å². The Morgan fingerprint density at radius 2 is 1.42 bits per heavy atom. The van der Waals surface area contributed by atoms with Gasteiger partial charge in [0.1, 0.15) is 34.6 Å². The molecule has 1 saturated heterocycles. The summed E-state index contributed by atoms with van der Waals surface area (Å²) in [4.78, 5) is 41.1. The summed E-state index contributed by atoms with van der Waals surface area (Å²) in [6, 6.07) is 34.8. The van der Waals surface area contributed by atoms with Crippen LogP contribution in [0.25, 0.3) is 0 Å². The third kappa shape index (κ3) is 6.27. The summed E-state index contributed by atoms with van der Waals surface area (Å²) in [6.45, 7) is 0. The molecule has 0 bridgehead atoms. The van der Waals surface area contributed by atoms with Gasteiger partial charge in [-0.3, -0.25) is 14.5 Å². The molecule has 45 heavy (non-hydrogen) atoms. The van der Waals surface area contributed by atoms with Crippen LogP contribution in [0.5, 0.6) is 0 Å². The van der Waals surface area contributed by atoms with Gasteiger partial charge >= 0.3 is 0 Å². The molecule has 0 aromatic heterocycles. The molecule has 228 valence electrons. The maximum Gasteiger partial charge on any atom is 0.253 e. The van der Waals surface area contributed by atoms with E-state index in [1.165, 1.54) is 28.4 Å². The van der Waals surface area contributed by atoms with Gasteiger partial charge in [0.15, 0.2) is 0 Å². The van der Waals surface area contributed by atoms with E-state index in [4.69, 9.17) is 23.2 Å². The van der Waals surface area contributed by atoms with E-state index in [-0.39, 0.29) is 17.4 Å². The van der Waals surface area contributed by atoms with Crippen LogP contribution in [0.1, 0.15) is 0 Å². The van der Waals surface area contributed by atoms with Crippen LogP contribution in [0.15, 0.2) is 125 Å². The largest absolute Gasteiger partial charge is 0.543 e. The molecule has 2 atom stereocenters. The number of amides is 2. The second kappa shape index (κ2) is 13.6. The topological polar surface area (TPSA) is 89.5 Å². The lowest BCUT2D eigenvalue weighted by atomic mass is 10.0. The quantitative estimate of drug-likeness (QED) is 0.150. The summed E-state index contributed by atoms with van der Waals surface area (Å²) < 4.78 is 0. The van der Waals surface area contributed by atoms with Gasteiger partial charge < -0.3 is 15.2 Å². The molecular formula is C34H27Cl2N2O4PS2. The van der Waals surface area contributed by atoms with Crippen LogP contribution in [0.4, 0.5) is 0 Å². The fourth-order valence-electron chi connectivity index (χ4n) is 5.78. The monoisotopic (exact) mass is 692 g/mol. The van der Waals surface area contributed by atoms with Crippen molar-refractivity contribution in [3.63, 3.8) is 0 Å². The molecule has 2 aliphatic rings. The van der Waals surface area contributed by atoms with Crippen LogP contribution in [0.3, 0.4) is 0 Å². The summed E-state index contributed by atoms with van der Waals surface area (Å²) in [6.07, 6.45) is 0.426. The van der Waals surface area contributed by atoms with Gasteiger partial charge in [0.05, 0.1) is 33.6 Å². The van der Waals surface area contributed by atoms with Gasteiger partial charge in [-0.05, 0) is 54.6 Å². The van der Waals surface area contributed by atoms with Crippen molar-refractivity contribution in [3.05, 3.63) is 131 Å². The molecule has 6 rings (SSSR count). The van der Waals surface area contributed by atoms with Crippen molar-refractivity contribution in [2.45, 2.75) is 16.3 Å². The Morgan fingerprint density at radius 1 is 0.867 bits per heavy atom. The van der Waals surface area contributed by atoms with E-state index in [2.05, 4.69) is 41.7 Å². The molecule has 0 radical (unpaired) electrons. The number of halogens is 2. The minimum Gasteiger partial charge on any atom is -0.543 e. The molecule has 2 aliphatic heterocycles. The zero-order valence-corrected chi connectivity index (χ0v) is 27.8. The molecule has 0 spiro atoms. The van der Waals surface area contributed by atoms with Crippen molar-refractivity contribution in [2.24, 2.45) is 0 Å². The van der Waals surface area contributed by atoms with E-state index in [1.807, 2.05) is 54.6 Å². The van der Waals surface area contributed by atoms with Crippen molar-refractivity contribution >= 4 is 87.7 Å². The highest BCUT2D eigenvalue weighted by Crippen LogP contribution is 2.58. The number of fused-ring (bicyclic) bond motifs is 1. The maximum atomic E-state index is 13.5. The molecule has 2 amide bonds. The number of rotatable bonds is 10. The van der Waals surface area contributed by atoms with Crippen LogP contribution in [0.2, 0.25) is 10.0 Å². The van der Waals surface area contributed by atoms with Gasteiger partial charge in [-0.1, -0.05) is 77.8 Å². The van der Waals surface area contributed by atoms with Crippen molar-refractivity contribution < 1.29 is 19.5 Å². The molecule has 6 nitrogen and oxygen atoms in total. The van der Waals surface area contributed by atoms with Crippen LogP contribution < -0.4 is 26.3 Å². The number of benzene rings is 4. The van der Waals surface area contributed by atoms with Crippen molar-refractivity contribution in [1.82, 2.24) is 10.2 Å². The molecule has 0 saturated carbocycles. The first-order valence-electron chi connectivity index (χ1n) is 14.1. The number of carbonyl (C=O) groups is 3. The highest BCUT2D eigenvalue weighted by molar-refractivity contribution is 8.00. The van der Waals surface area contributed by atoms with Gasteiger partial charge in [-0.2, -0.15) is 0 Å². The lowest BCUT2D eigenvalue weighted by Crippen LogP contribution is -2.71. The highest BCUT2D eigenvalue weighted by atomic mass is 35.5. The first-order valence-corrected chi connectivity index (χ1v) is 18.9. The number of hydrogen-bond donors (Lipinski definition) is 1. The standard InChI is InChI=1S/C34H27Cl2N2O4PS2/c35-27-17-16-26(18-28(27)36)44-21-29(39)37-30-32(40)38-31(34(41)42)22(20-45-33(30)38)19-43(23-10-4-1-5-11-23,24-12-6-2-7-13-24)25-14-8-3-9-15-25/h1-18,30,33H,19-21H2,(H-,37,39,41,42)/t30-,33-/m1/s1. The molecule has 4 aromatic rings. The number of aliphatic carboxylic acids is 1. The normalized spacial score (nSPS) is 17.8. The first kappa shape index (κ1) is 31.7. The molecule has 4 aromatic carbocycles. The lowest BCUT2D eigenvalue weighted by Gasteiger charge is -2.51. The van der Waals surface area contributed by atoms with E-state index in [1.54, 1.807) is 18.2 Å². The summed E-state index contributed by atoms with van der Waals surface area (Å²) in [7, 11) is -2.41. The first-order chi connectivity index (χ1) is 21.8. The molecule has 1 N–H and O–H groups in total. The van der Waals surface area contributed by atoms with E-state index in [0.29, 0.717) is 27.5 Å².